The fourth-order valence-corrected chi connectivity index (χ4v) is 1.97. The first-order valence-electron chi connectivity index (χ1n) is 5.12. The van der Waals surface area contributed by atoms with Crippen LogP contribution in [0.2, 0.25) is 0 Å². The first-order valence-corrected chi connectivity index (χ1v) is 6.00. The minimum atomic E-state index is -0.208. The Labute approximate surface area is 99.2 Å². The van der Waals surface area contributed by atoms with E-state index in [9.17, 15) is 4.79 Å². The van der Waals surface area contributed by atoms with Gasteiger partial charge in [-0.15, -0.1) is 11.3 Å². The lowest BCUT2D eigenvalue weighted by molar-refractivity contribution is 0.0901. The molecule has 0 aliphatic rings. The molecule has 0 saturated carbocycles. The zero-order chi connectivity index (χ0) is 12.1. The van der Waals surface area contributed by atoms with Crippen LogP contribution in [0.3, 0.4) is 0 Å². The van der Waals surface area contributed by atoms with Crippen LogP contribution in [-0.2, 0) is 0 Å². The molecule has 0 fully saturated rings. The highest BCUT2D eigenvalue weighted by molar-refractivity contribution is 7.12. The predicted molar refractivity (Wildman–Crippen MR) is 64.0 cm³/mol. The summed E-state index contributed by atoms with van der Waals surface area (Å²) in [4.78, 5) is 12.4. The summed E-state index contributed by atoms with van der Waals surface area (Å²) in [5.41, 5.74) is 0. The monoisotopic (exact) mass is 243 g/mol. The van der Waals surface area contributed by atoms with E-state index in [4.69, 9.17) is 9.84 Å². The van der Waals surface area contributed by atoms with Gasteiger partial charge in [0.2, 0.25) is 0 Å². The Balaban J connectivity index is 2.64. The summed E-state index contributed by atoms with van der Waals surface area (Å²) in [7, 11) is 1.56. The van der Waals surface area contributed by atoms with Crippen LogP contribution in [0.4, 0.5) is 0 Å². The molecule has 1 aromatic rings. The number of amides is 1. The number of aliphatic hydroxyl groups excluding tert-OH is 1. The molecule has 1 amide bonds. The van der Waals surface area contributed by atoms with E-state index in [1.807, 2.05) is 13.8 Å². The quantitative estimate of drug-likeness (QED) is 0.824. The molecule has 1 heterocycles. The largest absolute Gasteiger partial charge is 0.496 e. The molecule has 0 aromatic carbocycles. The number of nitrogens with one attached hydrogen (secondary N) is 1. The Kier molecular flexibility index (Phi) is 4.76. The summed E-state index contributed by atoms with van der Waals surface area (Å²) in [6.45, 7) is 3.86. The molecule has 0 radical (unpaired) electrons. The minimum absolute atomic E-state index is 0.0497. The van der Waals surface area contributed by atoms with Gasteiger partial charge in [0.15, 0.2) is 0 Å². The van der Waals surface area contributed by atoms with Gasteiger partial charge in [-0.25, -0.2) is 0 Å². The van der Waals surface area contributed by atoms with Gasteiger partial charge in [0.25, 0.3) is 5.91 Å². The van der Waals surface area contributed by atoms with Crippen LogP contribution < -0.4 is 10.1 Å². The number of carbonyl (C=O) groups excluding carboxylic acids is 1. The molecule has 16 heavy (non-hydrogen) atoms. The summed E-state index contributed by atoms with van der Waals surface area (Å²) in [6.07, 6.45) is 0. The third kappa shape index (κ3) is 3.21. The number of carbonyl (C=O) groups is 1. The molecule has 0 spiro atoms. The van der Waals surface area contributed by atoms with E-state index in [2.05, 4.69) is 5.32 Å². The molecule has 0 aliphatic heterocycles. The van der Waals surface area contributed by atoms with Crippen molar-refractivity contribution in [2.75, 3.05) is 13.7 Å². The topological polar surface area (TPSA) is 58.6 Å². The molecule has 0 aliphatic carbocycles. The highest BCUT2D eigenvalue weighted by Crippen LogP contribution is 2.21. The Bertz CT molecular complexity index is 349. The van der Waals surface area contributed by atoms with E-state index in [0.29, 0.717) is 10.6 Å². The standard InChI is InChI=1S/C11H17NO3S/c1-7(2)9(5-13)12-11(14)10-4-8(15-3)6-16-10/h4,6-7,9,13H,5H2,1-3H3,(H,12,14)/t9-/m1/s1. The SMILES string of the molecule is COc1csc(C(=O)N[C@H](CO)C(C)C)c1. The first-order chi connectivity index (χ1) is 7.58. The van der Waals surface area contributed by atoms with Crippen LogP contribution in [0, 0.1) is 5.92 Å². The molecule has 5 heteroatoms. The Morgan fingerprint density at radius 3 is 2.75 bits per heavy atom. The summed E-state index contributed by atoms with van der Waals surface area (Å²) in [5.74, 6) is 0.720. The fourth-order valence-electron chi connectivity index (χ4n) is 1.21. The second kappa shape index (κ2) is 5.86. The average Bonchev–Trinajstić information content (AvgIpc) is 2.73. The molecule has 4 nitrogen and oxygen atoms in total. The third-order valence-electron chi connectivity index (χ3n) is 2.35. The number of hydrogen-bond donors (Lipinski definition) is 2. The van der Waals surface area contributed by atoms with Crippen molar-refractivity contribution in [3.8, 4) is 5.75 Å². The van der Waals surface area contributed by atoms with Crippen molar-refractivity contribution >= 4 is 17.2 Å². The van der Waals surface area contributed by atoms with E-state index < -0.39 is 0 Å². The summed E-state index contributed by atoms with van der Waals surface area (Å²) >= 11 is 1.33. The normalized spacial score (nSPS) is 12.6. The van der Waals surface area contributed by atoms with E-state index in [1.165, 1.54) is 11.3 Å². The van der Waals surface area contributed by atoms with Crippen molar-refractivity contribution < 1.29 is 14.6 Å². The zero-order valence-corrected chi connectivity index (χ0v) is 10.5. The lowest BCUT2D eigenvalue weighted by Gasteiger charge is -2.19. The highest BCUT2D eigenvalue weighted by Gasteiger charge is 2.17. The third-order valence-corrected chi connectivity index (χ3v) is 3.26. The van der Waals surface area contributed by atoms with E-state index in [1.54, 1.807) is 18.6 Å². The van der Waals surface area contributed by atoms with Crippen molar-refractivity contribution in [1.82, 2.24) is 5.32 Å². The molecular weight excluding hydrogens is 226 g/mol. The predicted octanol–water partition coefficient (Wildman–Crippen LogP) is 1.50. The average molecular weight is 243 g/mol. The van der Waals surface area contributed by atoms with Gasteiger partial charge in [0.1, 0.15) is 5.75 Å². The molecule has 1 aromatic heterocycles. The lowest BCUT2D eigenvalue weighted by atomic mass is 10.1. The lowest BCUT2D eigenvalue weighted by Crippen LogP contribution is -2.40. The molecular formula is C11H17NO3S. The first kappa shape index (κ1) is 13.0. The van der Waals surface area contributed by atoms with Crippen LogP contribution in [0.5, 0.6) is 5.75 Å². The molecule has 2 N–H and O–H groups in total. The Morgan fingerprint density at radius 2 is 2.31 bits per heavy atom. The number of aliphatic hydroxyl groups is 1. The zero-order valence-electron chi connectivity index (χ0n) is 9.69. The van der Waals surface area contributed by atoms with E-state index >= 15 is 0 Å². The minimum Gasteiger partial charge on any atom is -0.496 e. The summed E-state index contributed by atoms with van der Waals surface area (Å²) < 4.78 is 5.00. The number of ether oxygens (including phenoxy) is 1. The van der Waals surface area contributed by atoms with Crippen molar-refractivity contribution in [2.45, 2.75) is 19.9 Å². The van der Waals surface area contributed by atoms with Crippen LogP contribution >= 0.6 is 11.3 Å². The van der Waals surface area contributed by atoms with Crippen LogP contribution in [0.1, 0.15) is 23.5 Å². The number of hydrogen-bond acceptors (Lipinski definition) is 4. The van der Waals surface area contributed by atoms with Gasteiger partial charge in [0.05, 0.1) is 24.6 Å². The number of thiophene rings is 1. The van der Waals surface area contributed by atoms with Crippen molar-refractivity contribution in [3.05, 3.63) is 16.3 Å². The Hall–Kier alpha value is -1.07. The maximum Gasteiger partial charge on any atom is 0.261 e. The van der Waals surface area contributed by atoms with E-state index in [0.717, 1.165) is 0 Å². The van der Waals surface area contributed by atoms with Gasteiger partial charge in [-0.2, -0.15) is 0 Å². The number of methoxy groups -OCH3 is 1. The highest BCUT2D eigenvalue weighted by atomic mass is 32.1. The molecule has 1 rings (SSSR count). The van der Waals surface area contributed by atoms with Crippen molar-refractivity contribution in [3.63, 3.8) is 0 Å². The fraction of sp³-hybridized carbons (Fsp3) is 0.545. The molecule has 1 atom stereocenters. The smallest absolute Gasteiger partial charge is 0.261 e. The molecule has 0 saturated heterocycles. The van der Waals surface area contributed by atoms with Crippen molar-refractivity contribution in [2.24, 2.45) is 5.92 Å². The van der Waals surface area contributed by atoms with Gasteiger partial charge in [-0.1, -0.05) is 13.8 Å². The second-order valence-corrected chi connectivity index (χ2v) is 4.77. The maximum atomic E-state index is 11.8. The van der Waals surface area contributed by atoms with E-state index in [-0.39, 0.29) is 24.5 Å². The van der Waals surface area contributed by atoms with Gasteiger partial charge in [0, 0.05) is 11.4 Å². The molecule has 0 bridgehead atoms. The van der Waals surface area contributed by atoms with Crippen LogP contribution in [0.15, 0.2) is 11.4 Å². The second-order valence-electron chi connectivity index (χ2n) is 3.86. The van der Waals surface area contributed by atoms with Gasteiger partial charge >= 0.3 is 0 Å². The van der Waals surface area contributed by atoms with Crippen molar-refractivity contribution in [1.29, 1.82) is 0 Å². The Morgan fingerprint density at radius 1 is 1.62 bits per heavy atom. The maximum absolute atomic E-state index is 11.8. The van der Waals surface area contributed by atoms with Gasteiger partial charge < -0.3 is 15.2 Å². The number of rotatable bonds is 5. The van der Waals surface area contributed by atoms with Crippen LogP contribution in [-0.4, -0.2) is 30.8 Å². The van der Waals surface area contributed by atoms with Gasteiger partial charge in [-0.05, 0) is 5.92 Å². The molecule has 90 valence electrons. The van der Waals surface area contributed by atoms with Gasteiger partial charge in [-0.3, -0.25) is 4.79 Å². The summed E-state index contributed by atoms with van der Waals surface area (Å²) in [5, 5.41) is 13.7. The molecule has 0 unspecified atom stereocenters. The van der Waals surface area contributed by atoms with Crippen LogP contribution in [0.25, 0.3) is 0 Å². The summed E-state index contributed by atoms with van der Waals surface area (Å²) in [6, 6.07) is 1.48.